The van der Waals surface area contributed by atoms with Crippen molar-refractivity contribution in [3.63, 3.8) is 0 Å². The van der Waals surface area contributed by atoms with Crippen LogP contribution in [0.25, 0.3) is 0 Å². The van der Waals surface area contributed by atoms with Crippen LogP contribution >= 0.6 is 15.9 Å². The highest BCUT2D eigenvalue weighted by molar-refractivity contribution is 9.10. The van der Waals surface area contributed by atoms with E-state index in [1.165, 1.54) is 11.6 Å². The Morgan fingerprint density at radius 2 is 1.78 bits per heavy atom. The molecule has 160 valence electrons. The molecule has 0 unspecified atom stereocenters. The number of allylic oxidation sites excluding steroid dienone is 5. The molecule has 0 aliphatic heterocycles. The van der Waals surface area contributed by atoms with Crippen LogP contribution in [0.2, 0.25) is 0 Å². The molecule has 0 bridgehead atoms. The van der Waals surface area contributed by atoms with E-state index in [4.69, 9.17) is 0 Å². The number of fused-ring (bicyclic) bond motifs is 2. The summed E-state index contributed by atoms with van der Waals surface area (Å²) in [6.07, 6.45) is 7.84. The first-order valence-corrected chi connectivity index (χ1v) is 10.9. The van der Waals surface area contributed by atoms with Crippen LogP contribution in [0.1, 0.15) is 17.3 Å². The van der Waals surface area contributed by atoms with Crippen LogP contribution in [0.15, 0.2) is 73.8 Å². The fourth-order valence-electron chi connectivity index (χ4n) is 4.60. The maximum absolute atomic E-state index is 13.3. The third kappa shape index (κ3) is 3.53. The highest BCUT2D eigenvalue weighted by Crippen LogP contribution is 2.44. The summed E-state index contributed by atoms with van der Waals surface area (Å²) in [6.45, 7) is 0. The molecule has 2 aliphatic rings. The monoisotopic (exact) mass is 489 g/mol. The molecular formula is C24H20BrN5O2. The van der Waals surface area contributed by atoms with Crippen molar-refractivity contribution in [1.82, 2.24) is 9.13 Å². The van der Waals surface area contributed by atoms with Crippen LogP contribution in [0, 0.1) is 34.5 Å². The van der Waals surface area contributed by atoms with Gasteiger partial charge in [0.1, 0.15) is 17.7 Å². The molecule has 0 spiro atoms. The molecule has 2 aliphatic carbocycles. The summed E-state index contributed by atoms with van der Waals surface area (Å²) < 4.78 is 3.55. The Bertz CT molecular complexity index is 1360. The number of nitriles is 2. The Labute approximate surface area is 193 Å². The quantitative estimate of drug-likeness (QED) is 0.651. The topological polar surface area (TPSA) is 104 Å². The number of nitrogens with one attached hydrogen (secondary N) is 1. The largest absolute Gasteiger partial charge is 0.377 e. The van der Waals surface area contributed by atoms with Crippen molar-refractivity contribution in [2.45, 2.75) is 12.5 Å². The number of rotatable bonds is 2. The van der Waals surface area contributed by atoms with E-state index >= 15 is 0 Å². The normalized spacial score (nSPS) is 21.0. The molecule has 1 N–H and O–H groups in total. The second-order valence-electron chi connectivity index (χ2n) is 7.88. The lowest BCUT2D eigenvalue weighted by Gasteiger charge is -2.39. The van der Waals surface area contributed by atoms with Crippen molar-refractivity contribution >= 4 is 21.6 Å². The van der Waals surface area contributed by atoms with Crippen LogP contribution in [0.5, 0.6) is 0 Å². The second-order valence-corrected chi connectivity index (χ2v) is 8.80. The fourth-order valence-corrected chi connectivity index (χ4v) is 4.86. The molecule has 1 aromatic carbocycles. The van der Waals surface area contributed by atoms with Crippen molar-refractivity contribution in [2.24, 2.45) is 25.9 Å². The van der Waals surface area contributed by atoms with Crippen LogP contribution in [-0.2, 0) is 20.5 Å². The third-order valence-corrected chi connectivity index (χ3v) is 6.73. The molecule has 1 heterocycles. The van der Waals surface area contributed by atoms with E-state index in [2.05, 4.69) is 21.2 Å². The molecule has 2 aromatic rings. The van der Waals surface area contributed by atoms with E-state index in [0.29, 0.717) is 23.3 Å². The molecule has 0 amide bonds. The van der Waals surface area contributed by atoms with E-state index in [1.807, 2.05) is 48.6 Å². The Kier molecular flexibility index (Phi) is 5.73. The smallest absolute Gasteiger partial charge is 0.330 e. The van der Waals surface area contributed by atoms with E-state index < -0.39 is 11.7 Å². The van der Waals surface area contributed by atoms with Gasteiger partial charge < -0.3 is 9.88 Å². The van der Waals surface area contributed by atoms with Gasteiger partial charge in [-0.15, -0.1) is 0 Å². The van der Waals surface area contributed by atoms with Gasteiger partial charge in [0.25, 0.3) is 5.56 Å². The summed E-state index contributed by atoms with van der Waals surface area (Å²) in [5.74, 6) is -0.462. The van der Waals surface area contributed by atoms with E-state index in [0.717, 1.165) is 14.7 Å². The maximum Gasteiger partial charge on any atom is 0.330 e. The van der Waals surface area contributed by atoms with E-state index in [-0.39, 0.29) is 23.0 Å². The predicted octanol–water partition coefficient (Wildman–Crippen LogP) is 3.26. The Morgan fingerprint density at radius 1 is 1.09 bits per heavy atom. The number of hydrogen-bond acceptors (Lipinski definition) is 5. The van der Waals surface area contributed by atoms with Gasteiger partial charge in [-0.2, -0.15) is 10.5 Å². The maximum atomic E-state index is 13.3. The van der Waals surface area contributed by atoms with Gasteiger partial charge in [0.15, 0.2) is 0 Å². The Balaban J connectivity index is 1.99. The third-order valence-electron chi connectivity index (χ3n) is 6.20. The van der Waals surface area contributed by atoms with Gasteiger partial charge in [-0.25, -0.2) is 4.79 Å². The minimum atomic E-state index is -0.458. The van der Waals surface area contributed by atoms with E-state index in [9.17, 15) is 20.1 Å². The molecule has 1 aromatic heterocycles. The van der Waals surface area contributed by atoms with Gasteiger partial charge in [0.2, 0.25) is 0 Å². The van der Waals surface area contributed by atoms with Gasteiger partial charge in [-0.05, 0) is 42.2 Å². The predicted molar refractivity (Wildman–Crippen MR) is 125 cm³/mol. The summed E-state index contributed by atoms with van der Waals surface area (Å²) in [5, 5.41) is 22.6. The summed E-state index contributed by atoms with van der Waals surface area (Å²) >= 11 is 3.43. The fraction of sp³-hybridized carbons (Fsp3) is 0.250. The molecule has 0 radical (unpaired) electrons. The zero-order chi connectivity index (χ0) is 23.0. The molecule has 32 heavy (non-hydrogen) atoms. The average Bonchev–Trinajstić information content (AvgIpc) is 3.01. The zero-order valence-electron chi connectivity index (χ0n) is 17.5. The molecule has 0 fully saturated rings. The number of anilines is 1. The zero-order valence-corrected chi connectivity index (χ0v) is 19.1. The van der Waals surface area contributed by atoms with Gasteiger partial charge in [0, 0.05) is 35.9 Å². The number of aromatic nitrogens is 2. The number of halogens is 1. The second kappa shape index (κ2) is 8.49. The van der Waals surface area contributed by atoms with Crippen LogP contribution in [0.3, 0.4) is 0 Å². The summed E-state index contributed by atoms with van der Waals surface area (Å²) in [6, 6.07) is 11.2. The van der Waals surface area contributed by atoms with Crippen LogP contribution < -0.4 is 16.6 Å². The average molecular weight is 490 g/mol. The van der Waals surface area contributed by atoms with Crippen molar-refractivity contribution in [3.05, 3.63) is 96.3 Å². The van der Waals surface area contributed by atoms with Gasteiger partial charge >= 0.3 is 5.69 Å². The minimum absolute atomic E-state index is 0.0413. The molecular weight excluding hydrogens is 470 g/mol. The molecule has 3 atom stereocenters. The van der Waals surface area contributed by atoms with Crippen molar-refractivity contribution < 1.29 is 0 Å². The standard InChI is InChI=1S/C24H20BrN5O2/c1-29-20-11-19-17(14(12-26)13-27)5-3-4-6-18(19)22(21(20)23(31)30(2)24(29)32)28-16-9-7-15(25)8-10-16/h3-10,18-19,22,28H,11H2,1-2H3/t18-,19+,22-/m1/s1. The first kappa shape index (κ1) is 21.6. The molecule has 7 nitrogen and oxygen atoms in total. The van der Waals surface area contributed by atoms with E-state index in [1.54, 1.807) is 19.2 Å². The SMILES string of the molecule is Cn1c2c(c(=O)n(C)c1=O)[C@H](Nc1ccc(Br)cc1)[C@@H]1C=CC=CC(=C(C#N)C#N)[C@@H]1C2. The number of benzene rings is 1. The molecule has 0 saturated carbocycles. The highest BCUT2D eigenvalue weighted by Gasteiger charge is 2.41. The first-order chi connectivity index (χ1) is 15.4. The van der Waals surface area contributed by atoms with Crippen LogP contribution in [-0.4, -0.2) is 9.13 Å². The van der Waals surface area contributed by atoms with Crippen LogP contribution in [0.4, 0.5) is 5.69 Å². The lowest BCUT2D eigenvalue weighted by Crippen LogP contribution is -2.47. The van der Waals surface area contributed by atoms with Crippen molar-refractivity contribution in [2.75, 3.05) is 5.32 Å². The van der Waals surface area contributed by atoms with Crippen molar-refractivity contribution in [1.29, 1.82) is 10.5 Å². The van der Waals surface area contributed by atoms with Gasteiger partial charge in [-0.3, -0.25) is 9.36 Å². The first-order valence-electron chi connectivity index (χ1n) is 10.1. The molecule has 8 heteroatoms. The number of hydrogen-bond donors (Lipinski definition) is 1. The molecule has 4 rings (SSSR count). The van der Waals surface area contributed by atoms with Gasteiger partial charge in [0.05, 0.1) is 11.6 Å². The number of nitrogens with zero attached hydrogens (tertiary/aromatic N) is 4. The lowest BCUT2D eigenvalue weighted by atomic mass is 9.70. The Morgan fingerprint density at radius 3 is 2.44 bits per heavy atom. The Hall–Kier alpha value is -3.62. The molecule has 0 saturated heterocycles. The van der Waals surface area contributed by atoms with Gasteiger partial charge in [-0.1, -0.05) is 40.2 Å². The van der Waals surface area contributed by atoms with Crippen molar-refractivity contribution in [3.8, 4) is 12.1 Å². The summed E-state index contributed by atoms with van der Waals surface area (Å²) in [5.41, 5.74) is 1.88. The summed E-state index contributed by atoms with van der Waals surface area (Å²) in [4.78, 5) is 26.0. The minimum Gasteiger partial charge on any atom is -0.377 e. The highest BCUT2D eigenvalue weighted by atomic mass is 79.9. The lowest BCUT2D eigenvalue weighted by molar-refractivity contribution is 0.357. The summed E-state index contributed by atoms with van der Waals surface area (Å²) in [7, 11) is 3.13.